The Labute approximate surface area is 147 Å². The minimum Gasteiger partial charge on any atom is -0.247 e. The maximum absolute atomic E-state index is 13.8. The lowest BCUT2D eigenvalue weighted by molar-refractivity contribution is 0.0702. The summed E-state index contributed by atoms with van der Waals surface area (Å²) in [6, 6.07) is 0. The minimum absolute atomic E-state index is 0.0660. The van der Waals surface area contributed by atoms with Gasteiger partial charge in [0.15, 0.2) is 0 Å². The molecule has 136 valence electrons. The van der Waals surface area contributed by atoms with Crippen LogP contribution in [0, 0.1) is 47.3 Å². The summed E-state index contributed by atoms with van der Waals surface area (Å²) in [5.41, 5.74) is 0. The Kier molecular flexibility index (Phi) is 6.22. The zero-order valence-electron chi connectivity index (χ0n) is 15.4. The van der Waals surface area contributed by atoms with Gasteiger partial charge in [0, 0.05) is 17.8 Å². The van der Waals surface area contributed by atoms with E-state index in [0.29, 0.717) is 18.8 Å². The van der Waals surface area contributed by atoms with E-state index in [0.717, 1.165) is 17.8 Å². The fourth-order valence-corrected chi connectivity index (χ4v) is 5.14. The minimum atomic E-state index is -1.02. The Bertz CT molecular complexity index is 434. The molecule has 0 heterocycles. The monoisotopic (exact) mass is 336 g/mol. The van der Waals surface area contributed by atoms with Gasteiger partial charge in [0.05, 0.1) is 0 Å². The van der Waals surface area contributed by atoms with E-state index in [9.17, 15) is 8.78 Å². The molecule has 0 spiro atoms. The molecule has 0 saturated heterocycles. The molecule has 2 heteroatoms. The van der Waals surface area contributed by atoms with E-state index in [1.54, 1.807) is 6.92 Å². The molecular weight excluding hydrogens is 302 g/mol. The summed E-state index contributed by atoms with van der Waals surface area (Å²) in [7, 11) is 0. The number of halogens is 2. The highest BCUT2D eigenvalue weighted by atomic mass is 19.1. The summed E-state index contributed by atoms with van der Waals surface area (Å²) in [6.07, 6.45) is 9.56. The van der Waals surface area contributed by atoms with Gasteiger partial charge < -0.3 is 0 Å². The van der Waals surface area contributed by atoms with Crippen molar-refractivity contribution in [1.29, 1.82) is 0 Å². The average molecular weight is 337 g/mol. The summed E-state index contributed by atoms with van der Waals surface area (Å²) in [5, 5.41) is 0. The van der Waals surface area contributed by atoms with Crippen molar-refractivity contribution in [1.82, 2.24) is 0 Å². The van der Waals surface area contributed by atoms with Gasteiger partial charge in [0.1, 0.15) is 12.3 Å². The van der Waals surface area contributed by atoms with Crippen molar-refractivity contribution in [2.45, 2.75) is 90.4 Å². The third-order valence-corrected chi connectivity index (χ3v) is 7.15. The van der Waals surface area contributed by atoms with E-state index in [1.165, 1.54) is 51.4 Å². The maximum atomic E-state index is 13.8. The molecule has 0 aliphatic heterocycles. The Hall–Kier alpha value is -0.580. The molecule has 0 bridgehead atoms. The van der Waals surface area contributed by atoms with Gasteiger partial charge in [-0.15, -0.1) is 0 Å². The van der Waals surface area contributed by atoms with Crippen LogP contribution in [0.15, 0.2) is 0 Å². The van der Waals surface area contributed by atoms with Crippen molar-refractivity contribution in [3.05, 3.63) is 0 Å². The Balaban J connectivity index is 1.44. The van der Waals surface area contributed by atoms with Crippen molar-refractivity contribution in [3.63, 3.8) is 0 Å². The average Bonchev–Trinajstić information content (AvgIpc) is 2.59. The first-order valence-electron chi connectivity index (χ1n) is 10.3. The maximum Gasteiger partial charge on any atom is 0.107 e. The van der Waals surface area contributed by atoms with Crippen LogP contribution in [0.5, 0.6) is 0 Å². The van der Waals surface area contributed by atoms with E-state index < -0.39 is 18.3 Å². The number of alkyl halides is 2. The van der Waals surface area contributed by atoms with Crippen LogP contribution in [-0.2, 0) is 0 Å². The predicted octanol–water partition coefficient (Wildman–Crippen LogP) is 6.34. The van der Waals surface area contributed by atoms with Crippen LogP contribution < -0.4 is 0 Å². The molecule has 24 heavy (non-hydrogen) atoms. The van der Waals surface area contributed by atoms with Gasteiger partial charge in [-0.25, -0.2) is 8.78 Å². The molecule has 2 atom stereocenters. The SMILES string of the molecule is CC1CCC(C2CCC(C#CC3CC(F)C(C)C(F)C3)CC2)CC1. The van der Waals surface area contributed by atoms with Crippen LogP contribution in [0.3, 0.4) is 0 Å². The summed E-state index contributed by atoms with van der Waals surface area (Å²) in [5.74, 6) is 9.39. The standard InChI is InChI=1S/C22H34F2/c1-15-3-9-19(10-4-15)20-11-7-17(8-12-20)5-6-18-13-21(23)16(2)22(24)14-18/h15-22H,3-4,7-14H2,1-2H3. The van der Waals surface area contributed by atoms with E-state index in [2.05, 4.69) is 18.8 Å². The zero-order chi connectivity index (χ0) is 17.1. The fourth-order valence-electron chi connectivity index (χ4n) is 5.14. The van der Waals surface area contributed by atoms with Crippen LogP contribution in [0.2, 0.25) is 0 Å². The molecule has 0 aromatic rings. The summed E-state index contributed by atoms with van der Waals surface area (Å²) >= 11 is 0. The largest absolute Gasteiger partial charge is 0.247 e. The second-order valence-corrected chi connectivity index (χ2v) is 8.98. The predicted molar refractivity (Wildman–Crippen MR) is 96.0 cm³/mol. The first-order chi connectivity index (χ1) is 11.5. The molecule has 3 saturated carbocycles. The van der Waals surface area contributed by atoms with Crippen molar-refractivity contribution in [2.75, 3.05) is 0 Å². The molecule has 0 aromatic carbocycles. The Morgan fingerprint density at radius 1 is 0.625 bits per heavy atom. The second kappa shape index (κ2) is 8.20. The molecular formula is C22H34F2. The number of hydrogen-bond acceptors (Lipinski definition) is 0. The molecule has 0 nitrogen and oxygen atoms in total. The van der Waals surface area contributed by atoms with Crippen molar-refractivity contribution >= 4 is 0 Å². The third kappa shape index (κ3) is 4.53. The Morgan fingerprint density at radius 2 is 1.08 bits per heavy atom. The van der Waals surface area contributed by atoms with Crippen LogP contribution in [0.25, 0.3) is 0 Å². The van der Waals surface area contributed by atoms with Gasteiger partial charge in [0.25, 0.3) is 0 Å². The van der Waals surface area contributed by atoms with E-state index in [1.807, 2.05) is 0 Å². The molecule has 3 fully saturated rings. The van der Waals surface area contributed by atoms with E-state index in [-0.39, 0.29) is 5.92 Å². The topological polar surface area (TPSA) is 0 Å². The summed E-state index contributed by atoms with van der Waals surface area (Å²) in [4.78, 5) is 0. The number of hydrogen-bond donors (Lipinski definition) is 0. The van der Waals surface area contributed by atoms with Crippen molar-refractivity contribution < 1.29 is 8.78 Å². The fraction of sp³-hybridized carbons (Fsp3) is 0.909. The molecule has 3 rings (SSSR count). The van der Waals surface area contributed by atoms with Crippen molar-refractivity contribution in [2.24, 2.45) is 35.5 Å². The van der Waals surface area contributed by atoms with Crippen LogP contribution >= 0.6 is 0 Å². The lowest BCUT2D eigenvalue weighted by atomic mass is 9.69. The van der Waals surface area contributed by atoms with Gasteiger partial charge >= 0.3 is 0 Å². The van der Waals surface area contributed by atoms with Gasteiger partial charge in [-0.05, 0) is 69.1 Å². The molecule has 2 unspecified atom stereocenters. The third-order valence-electron chi connectivity index (χ3n) is 7.15. The normalized spacial score (nSPS) is 46.8. The lowest BCUT2D eigenvalue weighted by Gasteiger charge is -2.36. The van der Waals surface area contributed by atoms with Gasteiger partial charge in [0.2, 0.25) is 0 Å². The summed E-state index contributed by atoms with van der Waals surface area (Å²) in [6.45, 7) is 4.07. The molecule has 3 aliphatic rings. The van der Waals surface area contributed by atoms with Gasteiger partial charge in [-0.3, -0.25) is 0 Å². The van der Waals surface area contributed by atoms with E-state index in [4.69, 9.17) is 0 Å². The molecule has 0 N–H and O–H groups in total. The quantitative estimate of drug-likeness (QED) is 0.490. The Morgan fingerprint density at radius 3 is 1.62 bits per heavy atom. The van der Waals surface area contributed by atoms with E-state index >= 15 is 0 Å². The molecule has 0 aromatic heterocycles. The van der Waals surface area contributed by atoms with Gasteiger partial charge in [-0.2, -0.15) is 0 Å². The zero-order valence-corrected chi connectivity index (χ0v) is 15.4. The molecule has 3 aliphatic carbocycles. The highest BCUT2D eigenvalue weighted by molar-refractivity contribution is 5.10. The second-order valence-electron chi connectivity index (χ2n) is 8.98. The first kappa shape index (κ1) is 18.2. The molecule has 0 amide bonds. The molecule has 0 radical (unpaired) electrons. The number of rotatable bonds is 1. The lowest BCUT2D eigenvalue weighted by Crippen LogP contribution is -2.33. The highest BCUT2D eigenvalue weighted by Gasteiger charge is 2.35. The van der Waals surface area contributed by atoms with Crippen LogP contribution in [-0.4, -0.2) is 12.3 Å². The smallest absolute Gasteiger partial charge is 0.107 e. The van der Waals surface area contributed by atoms with Gasteiger partial charge in [-0.1, -0.05) is 38.5 Å². The van der Waals surface area contributed by atoms with Crippen LogP contribution in [0.1, 0.15) is 78.1 Å². The summed E-state index contributed by atoms with van der Waals surface area (Å²) < 4.78 is 27.6. The first-order valence-corrected chi connectivity index (χ1v) is 10.3. The van der Waals surface area contributed by atoms with Crippen molar-refractivity contribution in [3.8, 4) is 11.8 Å². The highest BCUT2D eigenvalue weighted by Crippen LogP contribution is 2.41. The van der Waals surface area contributed by atoms with Crippen LogP contribution in [0.4, 0.5) is 8.78 Å².